The van der Waals surface area contributed by atoms with Crippen LogP contribution in [0.5, 0.6) is 0 Å². The Labute approximate surface area is 205 Å². The largest absolute Gasteiger partial charge is 0.377 e. The molecule has 7 nitrogen and oxygen atoms in total. The lowest BCUT2D eigenvalue weighted by Gasteiger charge is -2.24. The number of fused-ring (bicyclic) bond motifs is 1. The highest BCUT2D eigenvalue weighted by molar-refractivity contribution is 6.35. The zero-order valence-corrected chi connectivity index (χ0v) is 20.4. The second kappa shape index (κ2) is 9.06. The minimum absolute atomic E-state index is 0.0372. The minimum atomic E-state index is -0.310. The highest BCUT2D eigenvalue weighted by Gasteiger charge is 2.29. The summed E-state index contributed by atoms with van der Waals surface area (Å²) in [5.41, 5.74) is 6.66. The fraction of sp³-hybridized carbons (Fsp3) is 0.321. The van der Waals surface area contributed by atoms with E-state index in [1.807, 2.05) is 67.0 Å². The molecular formula is C28H30N4O3. The number of nitro benzene ring substituents is 1. The SMILES string of the molecule is Cc1cc(/C=C2/C(=O)N(C)c3ccccc32)c(C)n1-c1ccc(NC2CCCCC2)c([N+](=O)[O-])c1. The Morgan fingerprint density at radius 2 is 1.80 bits per heavy atom. The predicted molar refractivity (Wildman–Crippen MR) is 140 cm³/mol. The lowest BCUT2D eigenvalue weighted by molar-refractivity contribution is -0.384. The number of anilines is 2. The van der Waals surface area contributed by atoms with Gasteiger partial charge in [-0.3, -0.25) is 14.9 Å². The minimum Gasteiger partial charge on any atom is -0.377 e. The molecule has 0 saturated heterocycles. The maximum Gasteiger partial charge on any atom is 0.294 e. The van der Waals surface area contributed by atoms with Crippen LogP contribution in [0.3, 0.4) is 0 Å². The van der Waals surface area contributed by atoms with Crippen molar-refractivity contribution >= 4 is 34.6 Å². The Morgan fingerprint density at radius 3 is 2.54 bits per heavy atom. The number of para-hydroxylation sites is 1. The molecule has 0 radical (unpaired) electrons. The maximum atomic E-state index is 12.9. The van der Waals surface area contributed by atoms with Crippen LogP contribution in [0.4, 0.5) is 17.1 Å². The number of amides is 1. The van der Waals surface area contributed by atoms with E-state index in [0.29, 0.717) is 11.3 Å². The molecule has 1 aliphatic carbocycles. The quantitative estimate of drug-likeness (QED) is 0.271. The van der Waals surface area contributed by atoms with Gasteiger partial charge in [-0.1, -0.05) is 37.5 Å². The monoisotopic (exact) mass is 470 g/mol. The van der Waals surface area contributed by atoms with E-state index in [0.717, 1.165) is 59.6 Å². The van der Waals surface area contributed by atoms with Crippen molar-refractivity contribution in [2.24, 2.45) is 0 Å². The van der Waals surface area contributed by atoms with Crippen LogP contribution in [0.1, 0.15) is 54.6 Å². The molecule has 0 spiro atoms. The van der Waals surface area contributed by atoms with Crippen molar-refractivity contribution in [2.75, 3.05) is 17.3 Å². The number of nitro groups is 1. The highest BCUT2D eigenvalue weighted by Crippen LogP contribution is 2.38. The highest BCUT2D eigenvalue weighted by atomic mass is 16.6. The smallest absolute Gasteiger partial charge is 0.294 e. The standard InChI is InChI=1S/C28H30N4O3/c1-18-15-20(16-24-23-11-7-8-12-26(23)30(3)28(24)33)19(2)31(18)22-13-14-25(27(17-22)32(34)35)29-21-9-5-4-6-10-21/h7-8,11-17,21,29H,4-6,9-10H2,1-3H3/b24-16+. The first kappa shape index (κ1) is 22.9. The molecule has 1 amide bonds. The number of benzene rings is 2. The summed E-state index contributed by atoms with van der Waals surface area (Å²) < 4.78 is 2.01. The number of likely N-dealkylation sites (N-methyl/N-ethyl adjacent to an activating group) is 1. The summed E-state index contributed by atoms with van der Waals surface area (Å²) in [4.78, 5) is 26.2. The van der Waals surface area contributed by atoms with Gasteiger partial charge in [0.05, 0.1) is 16.3 Å². The van der Waals surface area contributed by atoms with Gasteiger partial charge in [-0.2, -0.15) is 0 Å². The number of nitrogens with one attached hydrogen (secondary N) is 1. The molecule has 5 rings (SSSR count). The van der Waals surface area contributed by atoms with Crippen LogP contribution in [-0.2, 0) is 4.79 Å². The van der Waals surface area contributed by atoms with E-state index >= 15 is 0 Å². The molecule has 1 aromatic heterocycles. The second-order valence-electron chi connectivity index (χ2n) is 9.54. The number of nitrogens with zero attached hydrogens (tertiary/aromatic N) is 3. The van der Waals surface area contributed by atoms with Crippen LogP contribution < -0.4 is 10.2 Å². The molecule has 1 fully saturated rings. The molecule has 2 aromatic carbocycles. The number of carbonyl (C=O) groups is 1. The Kier molecular flexibility index (Phi) is 5.93. The van der Waals surface area contributed by atoms with Crippen molar-refractivity contribution in [3.8, 4) is 5.69 Å². The summed E-state index contributed by atoms with van der Waals surface area (Å²) in [7, 11) is 1.79. The van der Waals surface area contributed by atoms with Crippen LogP contribution in [0, 0.1) is 24.0 Å². The number of hydrogen-bond donors (Lipinski definition) is 1. The van der Waals surface area contributed by atoms with Crippen molar-refractivity contribution in [3.05, 3.63) is 81.2 Å². The molecule has 0 unspecified atom stereocenters. The molecule has 2 aliphatic rings. The van der Waals surface area contributed by atoms with Gasteiger partial charge in [0.25, 0.3) is 11.6 Å². The van der Waals surface area contributed by atoms with Crippen LogP contribution in [0.25, 0.3) is 17.3 Å². The Hall–Kier alpha value is -3.87. The van der Waals surface area contributed by atoms with Gasteiger partial charge in [-0.05, 0) is 62.6 Å². The van der Waals surface area contributed by atoms with E-state index in [1.54, 1.807) is 18.0 Å². The van der Waals surface area contributed by atoms with Gasteiger partial charge in [-0.15, -0.1) is 0 Å². The van der Waals surface area contributed by atoms with Gasteiger partial charge < -0.3 is 14.8 Å². The summed E-state index contributed by atoms with van der Waals surface area (Å²) >= 11 is 0. The molecule has 0 atom stereocenters. The lowest BCUT2D eigenvalue weighted by atomic mass is 9.95. The molecule has 1 aliphatic heterocycles. The normalized spacial score (nSPS) is 17.2. The van der Waals surface area contributed by atoms with E-state index in [-0.39, 0.29) is 22.6 Å². The van der Waals surface area contributed by atoms with Gasteiger partial charge in [0.2, 0.25) is 0 Å². The fourth-order valence-electron chi connectivity index (χ4n) is 5.42. The Balaban J connectivity index is 1.52. The van der Waals surface area contributed by atoms with Crippen LogP contribution in [0.15, 0.2) is 48.5 Å². The molecule has 2 heterocycles. The third-order valence-electron chi connectivity index (χ3n) is 7.26. The van der Waals surface area contributed by atoms with E-state index in [4.69, 9.17) is 0 Å². The van der Waals surface area contributed by atoms with Crippen molar-refractivity contribution < 1.29 is 9.72 Å². The van der Waals surface area contributed by atoms with E-state index in [1.165, 1.54) is 6.42 Å². The summed E-state index contributed by atoms with van der Waals surface area (Å²) in [6.45, 7) is 3.96. The zero-order valence-electron chi connectivity index (χ0n) is 20.4. The number of rotatable bonds is 5. The predicted octanol–water partition coefficient (Wildman–Crippen LogP) is 6.26. The van der Waals surface area contributed by atoms with Gasteiger partial charge in [0.1, 0.15) is 5.69 Å². The summed E-state index contributed by atoms with van der Waals surface area (Å²) in [6, 6.07) is 15.5. The first-order chi connectivity index (χ1) is 16.8. The molecule has 0 bridgehead atoms. The molecule has 180 valence electrons. The van der Waals surface area contributed by atoms with Crippen LogP contribution in [-0.4, -0.2) is 28.5 Å². The van der Waals surface area contributed by atoms with Gasteiger partial charge in [0, 0.05) is 41.7 Å². The third-order valence-corrected chi connectivity index (χ3v) is 7.26. The zero-order chi connectivity index (χ0) is 24.7. The number of aryl methyl sites for hydroxylation is 1. The topological polar surface area (TPSA) is 80.4 Å². The average Bonchev–Trinajstić information content (AvgIpc) is 3.27. The third kappa shape index (κ3) is 4.11. The molecule has 1 N–H and O–H groups in total. The molecular weight excluding hydrogens is 440 g/mol. The average molecular weight is 471 g/mol. The molecule has 1 saturated carbocycles. The van der Waals surface area contributed by atoms with Crippen molar-refractivity contribution in [3.63, 3.8) is 0 Å². The van der Waals surface area contributed by atoms with Gasteiger partial charge in [0.15, 0.2) is 0 Å². The molecule has 7 heteroatoms. The van der Waals surface area contributed by atoms with Crippen LogP contribution >= 0.6 is 0 Å². The van der Waals surface area contributed by atoms with Crippen molar-refractivity contribution in [1.82, 2.24) is 4.57 Å². The molecule has 3 aromatic rings. The Bertz CT molecular complexity index is 1350. The first-order valence-corrected chi connectivity index (χ1v) is 12.2. The number of aromatic nitrogens is 1. The first-order valence-electron chi connectivity index (χ1n) is 12.2. The van der Waals surface area contributed by atoms with E-state index in [2.05, 4.69) is 5.32 Å². The summed E-state index contributed by atoms with van der Waals surface area (Å²) in [5, 5.41) is 15.3. The van der Waals surface area contributed by atoms with Crippen molar-refractivity contribution in [1.29, 1.82) is 0 Å². The molecule has 35 heavy (non-hydrogen) atoms. The van der Waals surface area contributed by atoms with Crippen LogP contribution in [0.2, 0.25) is 0 Å². The second-order valence-corrected chi connectivity index (χ2v) is 9.54. The van der Waals surface area contributed by atoms with Gasteiger partial charge in [-0.25, -0.2) is 0 Å². The van der Waals surface area contributed by atoms with E-state index < -0.39 is 0 Å². The Morgan fingerprint density at radius 1 is 1.06 bits per heavy atom. The lowest BCUT2D eigenvalue weighted by Crippen LogP contribution is -2.22. The number of carbonyl (C=O) groups excluding carboxylic acids is 1. The fourth-order valence-corrected chi connectivity index (χ4v) is 5.42. The van der Waals surface area contributed by atoms with E-state index in [9.17, 15) is 14.9 Å². The van der Waals surface area contributed by atoms with Crippen molar-refractivity contribution in [2.45, 2.75) is 52.0 Å². The maximum absolute atomic E-state index is 12.9. The number of hydrogen-bond acceptors (Lipinski definition) is 4. The van der Waals surface area contributed by atoms with Gasteiger partial charge >= 0.3 is 0 Å². The summed E-state index contributed by atoms with van der Waals surface area (Å²) in [6.07, 6.45) is 7.57. The summed E-state index contributed by atoms with van der Waals surface area (Å²) in [5.74, 6) is -0.0372.